The zero-order valence-corrected chi connectivity index (χ0v) is 16.4. The number of rotatable bonds is 6. The van der Waals surface area contributed by atoms with Gasteiger partial charge in [0.1, 0.15) is 11.6 Å². The van der Waals surface area contributed by atoms with E-state index in [1.54, 1.807) is 0 Å². The molecule has 1 amide bonds. The number of carbonyl (C=O) groups is 1. The van der Waals surface area contributed by atoms with Crippen LogP contribution in [0.3, 0.4) is 0 Å². The predicted octanol–water partition coefficient (Wildman–Crippen LogP) is 1.55. The van der Waals surface area contributed by atoms with Gasteiger partial charge in [0.15, 0.2) is 0 Å². The van der Waals surface area contributed by atoms with Crippen LogP contribution in [0.1, 0.15) is 42.5 Å². The highest BCUT2D eigenvalue weighted by Crippen LogP contribution is 2.27. The Balaban J connectivity index is 1.52. The molecule has 0 unspecified atom stereocenters. The van der Waals surface area contributed by atoms with E-state index in [0.717, 1.165) is 50.5 Å². The lowest BCUT2D eigenvalue weighted by Gasteiger charge is -2.31. The number of carbonyl (C=O) groups excluding carboxylic acids is 1. The minimum absolute atomic E-state index is 0.260. The first kappa shape index (κ1) is 18.6. The van der Waals surface area contributed by atoms with E-state index in [4.69, 9.17) is 0 Å². The lowest BCUT2D eigenvalue weighted by molar-refractivity contribution is -0.132. The highest BCUT2D eigenvalue weighted by molar-refractivity contribution is 5.76. The molecule has 142 valence electrons. The molecule has 0 aromatic carbocycles. The summed E-state index contributed by atoms with van der Waals surface area (Å²) >= 11 is 0. The van der Waals surface area contributed by atoms with E-state index in [2.05, 4.69) is 30.3 Å². The van der Waals surface area contributed by atoms with E-state index in [1.165, 1.54) is 5.69 Å². The van der Waals surface area contributed by atoms with Crippen molar-refractivity contribution in [3.63, 3.8) is 0 Å². The van der Waals surface area contributed by atoms with Crippen LogP contribution >= 0.6 is 0 Å². The molecule has 0 spiro atoms. The van der Waals surface area contributed by atoms with Crippen molar-refractivity contribution in [3.05, 3.63) is 35.7 Å². The fourth-order valence-electron chi connectivity index (χ4n) is 3.69. The van der Waals surface area contributed by atoms with E-state index >= 15 is 0 Å². The fourth-order valence-corrected chi connectivity index (χ4v) is 3.69. The summed E-state index contributed by atoms with van der Waals surface area (Å²) in [5.74, 6) is 2.69. The monoisotopic (exact) mass is 358 g/mol. The Kier molecular flexibility index (Phi) is 5.76. The Bertz CT molecular complexity index is 739. The largest absolute Gasteiger partial charge is 0.354 e. The van der Waals surface area contributed by atoms with Gasteiger partial charge in [-0.1, -0.05) is 0 Å². The van der Waals surface area contributed by atoms with E-state index in [0.29, 0.717) is 12.3 Å². The van der Waals surface area contributed by atoms with Crippen molar-refractivity contribution in [1.29, 1.82) is 0 Å². The van der Waals surface area contributed by atoms with E-state index in [9.17, 15) is 4.79 Å². The summed E-state index contributed by atoms with van der Waals surface area (Å²) < 4.78 is 4.20. The van der Waals surface area contributed by atoms with Crippen LogP contribution in [-0.4, -0.2) is 62.2 Å². The molecule has 2 aromatic heterocycles. The number of piperidine rings is 1. The molecule has 1 fully saturated rings. The summed E-state index contributed by atoms with van der Waals surface area (Å²) in [6.45, 7) is 2.42. The quantitative estimate of drug-likeness (QED) is 0.786. The second-order valence-corrected chi connectivity index (χ2v) is 7.54. The molecule has 1 aliphatic rings. The molecule has 0 atom stereocenters. The Labute approximate surface area is 155 Å². The van der Waals surface area contributed by atoms with E-state index < -0.39 is 0 Å². The van der Waals surface area contributed by atoms with E-state index in [-0.39, 0.29) is 5.91 Å². The van der Waals surface area contributed by atoms with Crippen molar-refractivity contribution < 1.29 is 4.79 Å². The lowest BCUT2D eigenvalue weighted by Crippen LogP contribution is -2.38. The molecular formula is C19H30N6O. The smallest absolute Gasteiger partial charge is 0.222 e. The number of nitrogens with zero attached hydrogens (tertiary/aromatic N) is 6. The molecule has 3 rings (SSSR count). The molecule has 0 aliphatic carbocycles. The van der Waals surface area contributed by atoms with Gasteiger partial charge in [0, 0.05) is 51.4 Å². The first-order valence-electron chi connectivity index (χ1n) is 9.36. The number of hydrogen-bond donors (Lipinski definition) is 0. The Hall–Kier alpha value is -2.15. The summed E-state index contributed by atoms with van der Waals surface area (Å²) in [6, 6.07) is 4.11. The van der Waals surface area contributed by atoms with Crippen LogP contribution in [0.4, 0.5) is 0 Å². The zero-order valence-electron chi connectivity index (χ0n) is 16.4. The summed E-state index contributed by atoms with van der Waals surface area (Å²) in [7, 11) is 8.14. The van der Waals surface area contributed by atoms with Gasteiger partial charge in [-0.05, 0) is 45.5 Å². The SMILES string of the molecule is CN(C)Cc1nnc(C2CCN(C(=O)CCc3cccn3C)CC2)n1C. The molecule has 7 heteroatoms. The Morgan fingerprint density at radius 1 is 1.23 bits per heavy atom. The molecular weight excluding hydrogens is 328 g/mol. The maximum absolute atomic E-state index is 12.5. The highest BCUT2D eigenvalue weighted by Gasteiger charge is 2.27. The summed E-state index contributed by atoms with van der Waals surface area (Å²) in [5.41, 5.74) is 1.21. The van der Waals surface area contributed by atoms with Crippen LogP contribution in [0.25, 0.3) is 0 Å². The minimum Gasteiger partial charge on any atom is -0.354 e. The normalized spacial score (nSPS) is 15.8. The van der Waals surface area contributed by atoms with Crippen molar-refractivity contribution in [2.24, 2.45) is 14.1 Å². The van der Waals surface area contributed by atoms with E-state index in [1.807, 2.05) is 45.4 Å². The highest BCUT2D eigenvalue weighted by atomic mass is 16.2. The molecule has 0 saturated carbocycles. The van der Waals surface area contributed by atoms with Crippen molar-refractivity contribution in [2.75, 3.05) is 27.2 Å². The summed E-state index contributed by atoms with van der Waals surface area (Å²) in [6.07, 6.45) is 5.34. The van der Waals surface area contributed by atoms with Crippen LogP contribution in [0.2, 0.25) is 0 Å². The maximum Gasteiger partial charge on any atom is 0.222 e. The Morgan fingerprint density at radius 2 is 1.96 bits per heavy atom. The van der Waals surface area contributed by atoms with Gasteiger partial charge in [0.05, 0.1) is 6.54 Å². The predicted molar refractivity (Wildman–Crippen MR) is 101 cm³/mol. The number of aromatic nitrogens is 4. The molecule has 0 N–H and O–H groups in total. The average molecular weight is 358 g/mol. The third-order valence-corrected chi connectivity index (χ3v) is 5.32. The van der Waals surface area contributed by atoms with Gasteiger partial charge in [0.2, 0.25) is 5.91 Å². The van der Waals surface area contributed by atoms with Gasteiger partial charge in [0.25, 0.3) is 0 Å². The first-order chi connectivity index (χ1) is 12.5. The van der Waals surface area contributed by atoms with Crippen LogP contribution in [0, 0.1) is 0 Å². The molecule has 3 heterocycles. The second-order valence-electron chi connectivity index (χ2n) is 7.54. The van der Waals surface area contributed by atoms with Crippen molar-refractivity contribution in [2.45, 2.75) is 38.1 Å². The lowest BCUT2D eigenvalue weighted by atomic mass is 9.95. The molecule has 0 bridgehead atoms. The molecule has 0 radical (unpaired) electrons. The average Bonchev–Trinajstić information content (AvgIpc) is 3.19. The first-order valence-corrected chi connectivity index (χ1v) is 9.36. The number of amides is 1. The van der Waals surface area contributed by atoms with Gasteiger partial charge >= 0.3 is 0 Å². The van der Waals surface area contributed by atoms with Crippen molar-refractivity contribution in [1.82, 2.24) is 29.1 Å². The van der Waals surface area contributed by atoms with Gasteiger partial charge in [-0.3, -0.25) is 4.79 Å². The number of likely N-dealkylation sites (tertiary alicyclic amines) is 1. The zero-order chi connectivity index (χ0) is 18.7. The molecule has 7 nitrogen and oxygen atoms in total. The maximum atomic E-state index is 12.5. The summed E-state index contributed by atoms with van der Waals surface area (Å²) in [5, 5.41) is 8.76. The molecule has 26 heavy (non-hydrogen) atoms. The Morgan fingerprint density at radius 3 is 2.58 bits per heavy atom. The molecule has 1 aliphatic heterocycles. The van der Waals surface area contributed by atoms with Gasteiger partial charge in [-0.25, -0.2) is 0 Å². The van der Waals surface area contributed by atoms with Crippen molar-refractivity contribution >= 4 is 5.91 Å². The third-order valence-electron chi connectivity index (χ3n) is 5.32. The van der Waals surface area contributed by atoms with Crippen LogP contribution < -0.4 is 0 Å². The number of aryl methyl sites for hydroxylation is 2. The van der Waals surface area contributed by atoms with Gasteiger partial charge in [-0.2, -0.15) is 0 Å². The van der Waals surface area contributed by atoms with Crippen molar-refractivity contribution in [3.8, 4) is 0 Å². The molecule has 2 aromatic rings. The van der Waals surface area contributed by atoms with Crippen LogP contribution in [0.15, 0.2) is 18.3 Å². The fraction of sp³-hybridized carbons (Fsp3) is 0.632. The third kappa shape index (κ3) is 4.15. The minimum atomic E-state index is 0.260. The van der Waals surface area contributed by atoms with Crippen LogP contribution in [-0.2, 0) is 31.9 Å². The van der Waals surface area contributed by atoms with Gasteiger partial charge in [-0.15, -0.1) is 10.2 Å². The van der Waals surface area contributed by atoms with Crippen LogP contribution in [0.5, 0.6) is 0 Å². The summed E-state index contributed by atoms with van der Waals surface area (Å²) in [4.78, 5) is 16.6. The van der Waals surface area contributed by atoms with Gasteiger partial charge < -0.3 is 18.9 Å². The number of hydrogen-bond acceptors (Lipinski definition) is 4. The standard InChI is InChI=1S/C19H30N6O/c1-22(2)14-17-20-21-19(24(17)4)15-9-12-25(13-10-15)18(26)8-7-16-6-5-11-23(16)3/h5-6,11,15H,7-10,12-14H2,1-4H3. The second kappa shape index (κ2) is 8.03. The molecule has 1 saturated heterocycles. The topological polar surface area (TPSA) is 59.2 Å².